The van der Waals surface area contributed by atoms with Gasteiger partial charge in [0.1, 0.15) is 0 Å². The first-order valence-electron chi connectivity index (χ1n) is 7.73. The van der Waals surface area contributed by atoms with Crippen molar-refractivity contribution < 1.29 is 4.84 Å². The van der Waals surface area contributed by atoms with Crippen molar-refractivity contribution in [1.29, 1.82) is 0 Å². The fourth-order valence-corrected chi connectivity index (χ4v) is 4.32. The molecule has 3 rings (SSSR count). The lowest BCUT2D eigenvalue weighted by atomic mass is 9.92. The predicted octanol–water partition coefficient (Wildman–Crippen LogP) is 3.76. The van der Waals surface area contributed by atoms with Crippen LogP contribution in [0.1, 0.15) is 65.2 Å². The van der Waals surface area contributed by atoms with Gasteiger partial charge in [0.15, 0.2) is 0 Å². The van der Waals surface area contributed by atoms with Crippen LogP contribution in [-0.4, -0.2) is 23.8 Å². The molecule has 2 aliphatic heterocycles. The largest absolute Gasteiger partial charge is 0.298 e. The molecule has 0 N–H and O–H groups in total. The van der Waals surface area contributed by atoms with Gasteiger partial charge in [-0.15, -0.1) is 0 Å². The maximum absolute atomic E-state index is 6.07. The van der Waals surface area contributed by atoms with E-state index in [0.717, 1.165) is 24.6 Å². The zero-order valence-corrected chi connectivity index (χ0v) is 11.5. The summed E-state index contributed by atoms with van der Waals surface area (Å²) in [7, 11) is 0. The Morgan fingerprint density at radius 1 is 1.18 bits per heavy atom. The molecule has 0 radical (unpaired) electrons. The minimum absolute atomic E-state index is 0.594. The van der Waals surface area contributed by atoms with Crippen LogP contribution in [0, 0.1) is 11.3 Å². The van der Waals surface area contributed by atoms with Crippen LogP contribution in [-0.2, 0) is 4.84 Å². The number of unbranched alkanes of at least 4 members (excludes halogenated alkanes) is 1. The summed E-state index contributed by atoms with van der Waals surface area (Å²) in [5, 5.41) is 2.42. The summed E-state index contributed by atoms with van der Waals surface area (Å²) in [6, 6.07) is 1.52. The van der Waals surface area contributed by atoms with E-state index in [4.69, 9.17) is 4.84 Å². The molecule has 0 aromatic carbocycles. The van der Waals surface area contributed by atoms with E-state index in [2.05, 4.69) is 18.9 Å². The molecular weight excluding hydrogens is 210 g/mol. The smallest absolute Gasteiger partial charge is 0.0760 e. The average Bonchev–Trinajstić information content (AvgIpc) is 2.71. The minimum atomic E-state index is 0.594. The van der Waals surface area contributed by atoms with Gasteiger partial charge in [0.2, 0.25) is 0 Å². The molecule has 17 heavy (non-hydrogen) atoms. The molecule has 98 valence electrons. The molecule has 3 fully saturated rings. The maximum atomic E-state index is 6.07. The van der Waals surface area contributed by atoms with Crippen LogP contribution in [0.4, 0.5) is 0 Å². The molecular formula is C15H27NO. The monoisotopic (exact) mass is 237 g/mol. The minimum Gasteiger partial charge on any atom is -0.298 e. The maximum Gasteiger partial charge on any atom is 0.0760 e. The van der Waals surface area contributed by atoms with Gasteiger partial charge >= 0.3 is 0 Å². The topological polar surface area (TPSA) is 12.5 Å². The second-order valence-electron chi connectivity index (χ2n) is 6.45. The molecule has 1 aliphatic carbocycles. The Morgan fingerprint density at radius 2 is 2.06 bits per heavy atom. The van der Waals surface area contributed by atoms with Gasteiger partial charge in [-0.25, -0.2) is 0 Å². The Balaban J connectivity index is 1.60. The molecule has 0 aromatic heterocycles. The van der Waals surface area contributed by atoms with E-state index in [1.165, 1.54) is 51.4 Å². The van der Waals surface area contributed by atoms with Crippen molar-refractivity contribution in [3.8, 4) is 0 Å². The van der Waals surface area contributed by atoms with Crippen LogP contribution < -0.4 is 0 Å². The van der Waals surface area contributed by atoms with Gasteiger partial charge in [-0.3, -0.25) is 4.84 Å². The van der Waals surface area contributed by atoms with E-state index in [0.29, 0.717) is 5.41 Å². The van der Waals surface area contributed by atoms with Crippen LogP contribution in [0.15, 0.2) is 0 Å². The van der Waals surface area contributed by atoms with Crippen LogP contribution in [0.25, 0.3) is 0 Å². The van der Waals surface area contributed by atoms with E-state index < -0.39 is 0 Å². The second-order valence-corrected chi connectivity index (χ2v) is 6.45. The Hall–Kier alpha value is -0.0800. The standard InChI is InChI=1S/C15H27NO/c1-3-5-7-13-8-9-14-15(11-17-16(13)14)10-12(15)6-4-2/h12-14H,3-11H2,1-2H3/t12-,13-,14+,15+/m1/s1. The zero-order valence-electron chi connectivity index (χ0n) is 11.5. The molecule has 3 aliphatic rings. The molecule has 2 heterocycles. The molecule has 0 aromatic rings. The average molecular weight is 237 g/mol. The molecule has 2 saturated heterocycles. The predicted molar refractivity (Wildman–Crippen MR) is 69.6 cm³/mol. The van der Waals surface area contributed by atoms with E-state index >= 15 is 0 Å². The second kappa shape index (κ2) is 4.55. The van der Waals surface area contributed by atoms with Crippen molar-refractivity contribution in [3.05, 3.63) is 0 Å². The first kappa shape index (κ1) is 12.0. The lowest BCUT2D eigenvalue weighted by Gasteiger charge is -2.23. The molecule has 0 unspecified atom stereocenters. The molecule has 2 heteroatoms. The van der Waals surface area contributed by atoms with Crippen molar-refractivity contribution in [2.75, 3.05) is 6.61 Å². The molecule has 0 bridgehead atoms. The number of nitrogens with zero attached hydrogens (tertiary/aromatic N) is 1. The van der Waals surface area contributed by atoms with Crippen LogP contribution in [0.3, 0.4) is 0 Å². The SMILES string of the molecule is CCCC[C@@H]1CC[C@@H]2N1OC[C@]21C[C@H]1CCC. The number of fused-ring (bicyclic) bond motifs is 2. The Morgan fingerprint density at radius 3 is 2.82 bits per heavy atom. The molecule has 1 saturated carbocycles. The Labute approximate surface area is 106 Å². The van der Waals surface area contributed by atoms with Gasteiger partial charge in [-0.1, -0.05) is 39.5 Å². The summed E-state index contributed by atoms with van der Waals surface area (Å²) in [6.45, 7) is 5.64. The van der Waals surface area contributed by atoms with Crippen LogP contribution in [0.5, 0.6) is 0 Å². The third-order valence-electron chi connectivity index (χ3n) is 5.39. The summed E-state index contributed by atoms with van der Waals surface area (Å²) in [6.07, 6.45) is 11.0. The van der Waals surface area contributed by atoms with Crippen LogP contribution in [0.2, 0.25) is 0 Å². The summed E-state index contributed by atoms with van der Waals surface area (Å²) in [4.78, 5) is 6.07. The summed E-state index contributed by atoms with van der Waals surface area (Å²) in [5.41, 5.74) is 0.594. The molecule has 4 atom stereocenters. The fraction of sp³-hybridized carbons (Fsp3) is 1.00. The quantitative estimate of drug-likeness (QED) is 0.722. The zero-order chi connectivity index (χ0) is 11.9. The number of hydrogen-bond donors (Lipinski definition) is 0. The third-order valence-corrected chi connectivity index (χ3v) is 5.39. The van der Waals surface area contributed by atoms with E-state index in [-0.39, 0.29) is 0 Å². The number of rotatable bonds is 5. The van der Waals surface area contributed by atoms with E-state index in [1.54, 1.807) is 0 Å². The van der Waals surface area contributed by atoms with Crippen LogP contribution >= 0.6 is 0 Å². The highest BCUT2D eigenvalue weighted by atomic mass is 16.7. The van der Waals surface area contributed by atoms with Gasteiger partial charge in [0, 0.05) is 17.5 Å². The van der Waals surface area contributed by atoms with E-state index in [9.17, 15) is 0 Å². The number of hydroxylamine groups is 2. The number of hydrogen-bond acceptors (Lipinski definition) is 2. The lowest BCUT2D eigenvalue weighted by molar-refractivity contribution is -0.143. The van der Waals surface area contributed by atoms with Gasteiger partial charge in [-0.05, 0) is 31.6 Å². The van der Waals surface area contributed by atoms with E-state index in [1.807, 2.05) is 0 Å². The Kier molecular flexibility index (Phi) is 3.20. The first-order valence-corrected chi connectivity index (χ1v) is 7.73. The third kappa shape index (κ3) is 1.84. The van der Waals surface area contributed by atoms with Crippen molar-refractivity contribution in [2.45, 2.75) is 77.3 Å². The fourth-order valence-electron chi connectivity index (χ4n) is 4.32. The highest BCUT2D eigenvalue weighted by molar-refractivity contribution is 5.13. The van der Waals surface area contributed by atoms with Crippen molar-refractivity contribution >= 4 is 0 Å². The summed E-state index contributed by atoms with van der Waals surface area (Å²) >= 11 is 0. The summed E-state index contributed by atoms with van der Waals surface area (Å²) in [5.74, 6) is 0.979. The van der Waals surface area contributed by atoms with Crippen molar-refractivity contribution in [3.63, 3.8) is 0 Å². The Bertz CT molecular complexity index is 280. The normalized spacial score (nSPS) is 44.5. The van der Waals surface area contributed by atoms with Gasteiger partial charge in [-0.2, -0.15) is 5.06 Å². The highest BCUT2D eigenvalue weighted by Crippen LogP contribution is 2.64. The molecule has 2 nitrogen and oxygen atoms in total. The van der Waals surface area contributed by atoms with Gasteiger partial charge in [0.25, 0.3) is 0 Å². The van der Waals surface area contributed by atoms with Gasteiger partial charge in [0.05, 0.1) is 6.61 Å². The lowest BCUT2D eigenvalue weighted by Crippen LogP contribution is -2.33. The van der Waals surface area contributed by atoms with Crippen molar-refractivity contribution in [1.82, 2.24) is 5.06 Å². The highest BCUT2D eigenvalue weighted by Gasteiger charge is 2.65. The van der Waals surface area contributed by atoms with Crippen molar-refractivity contribution in [2.24, 2.45) is 11.3 Å². The summed E-state index contributed by atoms with van der Waals surface area (Å²) < 4.78 is 0. The molecule has 0 amide bonds. The first-order chi connectivity index (χ1) is 8.31. The molecule has 1 spiro atoms. The van der Waals surface area contributed by atoms with Gasteiger partial charge < -0.3 is 0 Å².